The summed E-state index contributed by atoms with van der Waals surface area (Å²) in [5, 5.41) is 0. The van der Waals surface area contributed by atoms with Crippen molar-refractivity contribution in [1.29, 1.82) is 0 Å². The second kappa shape index (κ2) is 4.04. The zero-order chi connectivity index (χ0) is 10.7. The van der Waals surface area contributed by atoms with Gasteiger partial charge in [-0.05, 0) is 13.8 Å². The molecule has 0 saturated heterocycles. The highest BCUT2D eigenvalue weighted by atomic mass is 16.6. The van der Waals surface area contributed by atoms with Crippen LogP contribution in [0.15, 0.2) is 6.07 Å². The number of hydrogen-bond acceptors (Lipinski definition) is 4. The van der Waals surface area contributed by atoms with E-state index in [-0.39, 0.29) is 5.88 Å². The van der Waals surface area contributed by atoms with Crippen molar-refractivity contribution >= 4 is 6.09 Å². The van der Waals surface area contributed by atoms with Crippen molar-refractivity contribution in [1.82, 2.24) is 14.9 Å². The molecule has 0 unspecified atom stereocenters. The van der Waals surface area contributed by atoms with Crippen LogP contribution >= 0.6 is 0 Å². The average molecular weight is 195 g/mol. The van der Waals surface area contributed by atoms with Crippen LogP contribution in [0.2, 0.25) is 0 Å². The Morgan fingerprint density at radius 3 is 2.50 bits per heavy atom. The number of hydrogen-bond donors (Lipinski definition) is 0. The number of aryl methyl sites for hydroxylation is 2. The zero-order valence-electron chi connectivity index (χ0n) is 8.74. The Kier molecular flexibility index (Phi) is 3.01. The van der Waals surface area contributed by atoms with Crippen molar-refractivity contribution in [2.45, 2.75) is 13.8 Å². The first-order chi connectivity index (χ1) is 6.49. The molecule has 0 atom stereocenters. The van der Waals surface area contributed by atoms with Crippen molar-refractivity contribution in [2.75, 3.05) is 14.1 Å². The molecule has 1 aromatic rings. The molecule has 0 saturated carbocycles. The number of rotatable bonds is 1. The molecule has 5 nitrogen and oxygen atoms in total. The van der Waals surface area contributed by atoms with E-state index >= 15 is 0 Å². The molecule has 1 aromatic heterocycles. The van der Waals surface area contributed by atoms with Gasteiger partial charge in [-0.2, -0.15) is 4.98 Å². The molecule has 0 spiro atoms. The SMILES string of the molecule is Cc1cc(OC(=O)N(C)C)nc(C)n1. The summed E-state index contributed by atoms with van der Waals surface area (Å²) >= 11 is 0. The minimum absolute atomic E-state index is 0.286. The lowest BCUT2D eigenvalue weighted by Crippen LogP contribution is -2.25. The minimum Gasteiger partial charge on any atom is -0.391 e. The predicted molar refractivity (Wildman–Crippen MR) is 51.2 cm³/mol. The minimum atomic E-state index is -0.442. The monoisotopic (exact) mass is 195 g/mol. The predicted octanol–water partition coefficient (Wildman–Crippen LogP) is 1.15. The third-order valence-corrected chi connectivity index (χ3v) is 1.50. The van der Waals surface area contributed by atoms with Gasteiger partial charge in [-0.3, -0.25) is 0 Å². The van der Waals surface area contributed by atoms with Gasteiger partial charge in [0.1, 0.15) is 5.82 Å². The van der Waals surface area contributed by atoms with Gasteiger partial charge in [0.15, 0.2) is 0 Å². The molecule has 0 bridgehead atoms. The maximum atomic E-state index is 11.2. The Bertz CT molecular complexity index is 330. The Morgan fingerprint density at radius 2 is 2.00 bits per heavy atom. The van der Waals surface area contributed by atoms with E-state index in [0.717, 1.165) is 5.69 Å². The first-order valence-corrected chi connectivity index (χ1v) is 4.20. The standard InChI is InChI=1S/C9H13N3O2/c1-6-5-8(11-7(2)10-6)14-9(13)12(3)4/h5H,1-4H3. The lowest BCUT2D eigenvalue weighted by Gasteiger charge is -2.10. The smallest absolute Gasteiger partial charge is 0.391 e. The molecule has 1 rings (SSSR count). The van der Waals surface area contributed by atoms with Gasteiger partial charge in [0.25, 0.3) is 0 Å². The molecule has 0 aliphatic carbocycles. The summed E-state index contributed by atoms with van der Waals surface area (Å²) in [4.78, 5) is 20.6. The van der Waals surface area contributed by atoms with Crippen LogP contribution in [0.5, 0.6) is 5.88 Å². The quantitative estimate of drug-likeness (QED) is 0.674. The van der Waals surface area contributed by atoms with Gasteiger partial charge in [0.2, 0.25) is 5.88 Å². The number of ether oxygens (including phenoxy) is 1. The summed E-state index contributed by atoms with van der Waals surface area (Å²) in [6.07, 6.45) is -0.442. The topological polar surface area (TPSA) is 55.3 Å². The van der Waals surface area contributed by atoms with Gasteiger partial charge in [-0.1, -0.05) is 0 Å². The molecule has 0 fully saturated rings. The molecular formula is C9H13N3O2. The second-order valence-corrected chi connectivity index (χ2v) is 3.16. The molecule has 14 heavy (non-hydrogen) atoms. The number of carbonyl (C=O) groups excluding carboxylic acids is 1. The number of nitrogens with zero attached hydrogens (tertiary/aromatic N) is 3. The Hall–Kier alpha value is -1.65. The Balaban J connectivity index is 2.82. The lowest BCUT2D eigenvalue weighted by molar-refractivity contribution is 0.170. The largest absolute Gasteiger partial charge is 0.416 e. The van der Waals surface area contributed by atoms with Crippen molar-refractivity contribution in [3.05, 3.63) is 17.6 Å². The van der Waals surface area contributed by atoms with E-state index in [0.29, 0.717) is 5.82 Å². The molecule has 0 aliphatic rings. The van der Waals surface area contributed by atoms with Crippen molar-refractivity contribution in [3.8, 4) is 5.88 Å². The van der Waals surface area contributed by atoms with E-state index in [4.69, 9.17) is 4.74 Å². The zero-order valence-corrected chi connectivity index (χ0v) is 8.74. The molecular weight excluding hydrogens is 182 g/mol. The van der Waals surface area contributed by atoms with E-state index in [9.17, 15) is 4.79 Å². The van der Waals surface area contributed by atoms with Crippen molar-refractivity contribution in [3.63, 3.8) is 0 Å². The van der Waals surface area contributed by atoms with Gasteiger partial charge >= 0.3 is 6.09 Å². The van der Waals surface area contributed by atoms with E-state index in [1.807, 2.05) is 6.92 Å². The van der Waals surface area contributed by atoms with Gasteiger partial charge < -0.3 is 9.64 Å². The van der Waals surface area contributed by atoms with E-state index in [1.54, 1.807) is 27.1 Å². The molecule has 0 aromatic carbocycles. The number of aromatic nitrogens is 2. The molecule has 0 radical (unpaired) electrons. The average Bonchev–Trinajstić information content (AvgIpc) is 2.01. The normalized spacial score (nSPS) is 9.71. The van der Waals surface area contributed by atoms with E-state index in [2.05, 4.69) is 9.97 Å². The fourth-order valence-electron chi connectivity index (χ4n) is 0.916. The molecule has 5 heteroatoms. The van der Waals surface area contributed by atoms with E-state index in [1.165, 1.54) is 4.90 Å². The summed E-state index contributed by atoms with van der Waals surface area (Å²) in [6.45, 7) is 3.57. The summed E-state index contributed by atoms with van der Waals surface area (Å²) in [6, 6.07) is 1.62. The number of amides is 1. The van der Waals surface area contributed by atoms with Crippen molar-refractivity contribution in [2.24, 2.45) is 0 Å². The highest BCUT2D eigenvalue weighted by molar-refractivity contribution is 5.69. The maximum absolute atomic E-state index is 11.2. The van der Waals surface area contributed by atoms with E-state index < -0.39 is 6.09 Å². The van der Waals surface area contributed by atoms with Crippen molar-refractivity contribution < 1.29 is 9.53 Å². The van der Waals surface area contributed by atoms with Gasteiger partial charge in [0, 0.05) is 25.9 Å². The van der Waals surface area contributed by atoms with Crippen LogP contribution in [0.4, 0.5) is 4.79 Å². The summed E-state index contributed by atoms with van der Waals surface area (Å²) in [5.74, 6) is 0.875. The van der Waals surface area contributed by atoms with Crippen LogP contribution in [0.25, 0.3) is 0 Å². The van der Waals surface area contributed by atoms with Gasteiger partial charge in [0.05, 0.1) is 0 Å². The van der Waals surface area contributed by atoms with Crippen LogP contribution in [-0.4, -0.2) is 35.1 Å². The Morgan fingerprint density at radius 1 is 1.36 bits per heavy atom. The third kappa shape index (κ3) is 2.69. The third-order valence-electron chi connectivity index (χ3n) is 1.50. The molecule has 1 amide bonds. The van der Waals surface area contributed by atoms with Crippen LogP contribution in [0.1, 0.15) is 11.5 Å². The summed E-state index contributed by atoms with van der Waals surface area (Å²) < 4.78 is 4.97. The highest BCUT2D eigenvalue weighted by Crippen LogP contribution is 2.09. The van der Waals surface area contributed by atoms with Crippen LogP contribution in [0, 0.1) is 13.8 Å². The summed E-state index contributed by atoms with van der Waals surface area (Å²) in [7, 11) is 3.23. The molecule has 0 N–H and O–H groups in total. The van der Waals surface area contributed by atoms with Crippen LogP contribution < -0.4 is 4.74 Å². The second-order valence-electron chi connectivity index (χ2n) is 3.16. The van der Waals surface area contributed by atoms with Gasteiger partial charge in [-0.25, -0.2) is 9.78 Å². The summed E-state index contributed by atoms with van der Waals surface area (Å²) in [5.41, 5.74) is 0.777. The fourth-order valence-corrected chi connectivity index (χ4v) is 0.916. The Labute approximate surface area is 82.7 Å². The lowest BCUT2D eigenvalue weighted by atomic mass is 10.4. The molecule has 0 aliphatic heterocycles. The number of carbonyl (C=O) groups is 1. The van der Waals surface area contributed by atoms with Crippen LogP contribution in [0.3, 0.4) is 0 Å². The molecule has 1 heterocycles. The first-order valence-electron chi connectivity index (χ1n) is 4.20. The highest BCUT2D eigenvalue weighted by Gasteiger charge is 2.08. The van der Waals surface area contributed by atoms with Gasteiger partial charge in [-0.15, -0.1) is 0 Å². The molecule has 76 valence electrons. The first kappa shape index (κ1) is 10.4. The van der Waals surface area contributed by atoms with Crippen LogP contribution in [-0.2, 0) is 0 Å². The fraction of sp³-hybridized carbons (Fsp3) is 0.444. The maximum Gasteiger partial charge on any atom is 0.416 e.